The minimum Gasteiger partial charge on any atom is -0.497 e. The minimum absolute atomic E-state index is 0.0612. The number of nitrogens with zero attached hydrogens (tertiary/aromatic N) is 1. The summed E-state index contributed by atoms with van der Waals surface area (Å²) in [4.78, 5) is 15.8. The van der Waals surface area contributed by atoms with E-state index in [-0.39, 0.29) is 5.91 Å². The van der Waals surface area contributed by atoms with E-state index in [9.17, 15) is 4.79 Å². The first-order chi connectivity index (χ1) is 14.6. The predicted octanol–water partition coefficient (Wildman–Crippen LogP) is 4.76. The normalized spacial score (nSPS) is 14.7. The maximum Gasteiger partial charge on any atom is 0.246 e. The molecule has 2 aromatic rings. The average Bonchev–Trinajstić information content (AvgIpc) is 2.81. The van der Waals surface area contributed by atoms with Gasteiger partial charge in [-0.2, -0.15) is 0 Å². The number of thioether (sulfide) groups is 1. The third kappa shape index (κ3) is 5.95. The van der Waals surface area contributed by atoms with Crippen LogP contribution in [0.25, 0.3) is 6.08 Å². The summed E-state index contributed by atoms with van der Waals surface area (Å²) in [5.74, 6) is 3.99. The zero-order valence-electron chi connectivity index (χ0n) is 17.8. The first kappa shape index (κ1) is 22.1. The van der Waals surface area contributed by atoms with E-state index >= 15 is 0 Å². The number of benzene rings is 2. The van der Waals surface area contributed by atoms with Crippen LogP contribution in [0.5, 0.6) is 17.2 Å². The summed E-state index contributed by atoms with van der Waals surface area (Å²) in [7, 11) is 4.89. The van der Waals surface area contributed by atoms with Gasteiger partial charge in [-0.3, -0.25) is 4.79 Å². The van der Waals surface area contributed by atoms with Gasteiger partial charge in [-0.25, -0.2) is 0 Å². The Kier molecular flexibility index (Phi) is 8.08. The van der Waals surface area contributed by atoms with E-state index in [0.29, 0.717) is 17.4 Å². The van der Waals surface area contributed by atoms with Gasteiger partial charge in [0.15, 0.2) is 11.5 Å². The summed E-state index contributed by atoms with van der Waals surface area (Å²) in [6.07, 6.45) is 5.56. The second-order valence-electron chi connectivity index (χ2n) is 7.20. The Morgan fingerprint density at radius 3 is 2.33 bits per heavy atom. The van der Waals surface area contributed by atoms with Crippen LogP contribution in [0, 0.1) is 5.92 Å². The molecule has 1 saturated heterocycles. The highest BCUT2D eigenvalue weighted by Gasteiger charge is 2.21. The molecule has 0 spiro atoms. The summed E-state index contributed by atoms with van der Waals surface area (Å²) < 4.78 is 15.8. The zero-order valence-corrected chi connectivity index (χ0v) is 18.6. The Balaban J connectivity index is 1.46. The number of carbonyl (C=O) groups is 1. The van der Waals surface area contributed by atoms with Crippen LogP contribution in [0.15, 0.2) is 53.4 Å². The number of carbonyl (C=O) groups excluding carboxylic acids is 1. The quantitative estimate of drug-likeness (QED) is 0.449. The van der Waals surface area contributed by atoms with Crippen LogP contribution in [0.1, 0.15) is 18.4 Å². The highest BCUT2D eigenvalue weighted by Crippen LogP contribution is 2.29. The molecule has 1 amide bonds. The van der Waals surface area contributed by atoms with E-state index in [2.05, 4.69) is 12.1 Å². The number of piperidine rings is 1. The number of rotatable bonds is 8. The van der Waals surface area contributed by atoms with Crippen molar-refractivity contribution in [2.45, 2.75) is 17.7 Å². The van der Waals surface area contributed by atoms with Crippen molar-refractivity contribution >= 4 is 23.7 Å². The van der Waals surface area contributed by atoms with Gasteiger partial charge in [0, 0.05) is 29.8 Å². The molecule has 3 rings (SSSR count). The molecule has 0 bridgehead atoms. The molecule has 1 aliphatic rings. The van der Waals surface area contributed by atoms with Crippen LogP contribution in [0.2, 0.25) is 0 Å². The highest BCUT2D eigenvalue weighted by molar-refractivity contribution is 7.99. The lowest BCUT2D eigenvalue weighted by molar-refractivity contribution is -0.127. The van der Waals surface area contributed by atoms with E-state index in [0.717, 1.165) is 43.0 Å². The number of hydrogen-bond acceptors (Lipinski definition) is 5. The van der Waals surface area contributed by atoms with Crippen molar-refractivity contribution in [3.8, 4) is 17.2 Å². The molecule has 0 atom stereocenters. The van der Waals surface area contributed by atoms with Crippen molar-refractivity contribution in [1.82, 2.24) is 4.90 Å². The van der Waals surface area contributed by atoms with E-state index in [1.165, 1.54) is 4.90 Å². The lowest BCUT2D eigenvalue weighted by atomic mass is 9.99. The molecule has 160 valence electrons. The Morgan fingerprint density at radius 2 is 1.70 bits per heavy atom. The van der Waals surface area contributed by atoms with Gasteiger partial charge in [-0.1, -0.05) is 6.07 Å². The molecule has 6 heteroatoms. The first-order valence-corrected chi connectivity index (χ1v) is 11.1. The third-order valence-electron chi connectivity index (χ3n) is 5.30. The van der Waals surface area contributed by atoms with Crippen LogP contribution >= 0.6 is 11.8 Å². The van der Waals surface area contributed by atoms with Gasteiger partial charge in [0.2, 0.25) is 5.91 Å². The van der Waals surface area contributed by atoms with Gasteiger partial charge < -0.3 is 19.1 Å². The number of ether oxygens (including phenoxy) is 3. The van der Waals surface area contributed by atoms with Gasteiger partial charge in [-0.05, 0) is 66.8 Å². The van der Waals surface area contributed by atoms with Gasteiger partial charge in [0.1, 0.15) is 5.75 Å². The molecule has 1 heterocycles. The van der Waals surface area contributed by atoms with Gasteiger partial charge in [-0.15, -0.1) is 11.8 Å². The molecule has 2 aromatic carbocycles. The van der Waals surface area contributed by atoms with E-state index in [1.54, 1.807) is 27.4 Å². The number of amides is 1. The SMILES string of the molecule is COc1ccc(SCC2CCN(C(=O)C=Cc3ccc(OC)c(OC)c3)CC2)cc1. The summed E-state index contributed by atoms with van der Waals surface area (Å²) in [5, 5.41) is 0. The van der Waals surface area contributed by atoms with Crippen molar-refractivity contribution in [3.05, 3.63) is 54.1 Å². The molecule has 1 aliphatic heterocycles. The van der Waals surface area contributed by atoms with Gasteiger partial charge in [0.25, 0.3) is 0 Å². The number of likely N-dealkylation sites (tertiary alicyclic amines) is 1. The predicted molar refractivity (Wildman–Crippen MR) is 122 cm³/mol. The Labute approximate surface area is 183 Å². The van der Waals surface area contributed by atoms with E-state index < -0.39 is 0 Å². The molecule has 0 saturated carbocycles. The molecule has 0 aromatic heterocycles. The van der Waals surface area contributed by atoms with Crippen molar-refractivity contribution in [2.24, 2.45) is 5.92 Å². The van der Waals surface area contributed by atoms with E-state index in [1.807, 2.05) is 53.1 Å². The first-order valence-electron chi connectivity index (χ1n) is 10.1. The Morgan fingerprint density at radius 1 is 1.00 bits per heavy atom. The molecule has 5 nitrogen and oxygen atoms in total. The largest absolute Gasteiger partial charge is 0.497 e. The standard InChI is InChI=1S/C24H29NO4S/c1-27-20-6-8-21(9-7-20)30-17-19-12-14-25(15-13-19)24(26)11-5-18-4-10-22(28-2)23(16-18)29-3/h4-11,16,19H,12-15,17H2,1-3H3. The van der Waals surface area contributed by atoms with Gasteiger partial charge in [0.05, 0.1) is 21.3 Å². The van der Waals surface area contributed by atoms with Crippen molar-refractivity contribution in [1.29, 1.82) is 0 Å². The zero-order chi connectivity index (χ0) is 21.3. The lowest BCUT2D eigenvalue weighted by Crippen LogP contribution is -2.38. The maximum atomic E-state index is 12.6. The molecule has 0 aliphatic carbocycles. The monoisotopic (exact) mass is 427 g/mol. The van der Waals surface area contributed by atoms with Crippen molar-refractivity contribution < 1.29 is 19.0 Å². The van der Waals surface area contributed by atoms with Crippen molar-refractivity contribution in [3.63, 3.8) is 0 Å². The fourth-order valence-corrected chi connectivity index (χ4v) is 4.53. The molecule has 1 fully saturated rings. The second kappa shape index (κ2) is 11.0. The molecule has 0 N–H and O–H groups in total. The third-order valence-corrected chi connectivity index (χ3v) is 6.54. The number of hydrogen-bond donors (Lipinski definition) is 0. The Hall–Kier alpha value is -2.60. The summed E-state index contributed by atoms with van der Waals surface area (Å²) in [5.41, 5.74) is 0.909. The summed E-state index contributed by atoms with van der Waals surface area (Å²) in [6, 6.07) is 13.8. The minimum atomic E-state index is 0.0612. The molecule has 0 radical (unpaired) electrons. The van der Waals surface area contributed by atoms with Crippen LogP contribution in [0.4, 0.5) is 0 Å². The van der Waals surface area contributed by atoms with Crippen LogP contribution in [-0.2, 0) is 4.79 Å². The number of methoxy groups -OCH3 is 3. The fraction of sp³-hybridized carbons (Fsp3) is 0.375. The maximum absolute atomic E-state index is 12.6. The van der Waals surface area contributed by atoms with E-state index in [4.69, 9.17) is 14.2 Å². The van der Waals surface area contributed by atoms with Crippen LogP contribution < -0.4 is 14.2 Å². The Bertz CT molecular complexity index is 858. The van der Waals surface area contributed by atoms with Crippen LogP contribution in [0.3, 0.4) is 0 Å². The molecular formula is C24H29NO4S. The summed E-state index contributed by atoms with van der Waals surface area (Å²) in [6.45, 7) is 1.62. The van der Waals surface area contributed by atoms with Crippen molar-refractivity contribution in [2.75, 3.05) is 40.2 Å². The highest BCUT2D eigenvalue weighted by atomic mass is 32.2. The lowest BCUT2D eigenvalue weighted by Gasteiger charge is -2.31. The topological polar surface area (TPSA) is 48.0 Å². The average molecular weight is 428 g/mol. The smallest absolute Gasteiger partial charge is 0.246 e. The van der Waals surface area contributed by atoms with Gasteiger partial charge >= 0.3 is 0 Å². The summed E-state index contributed by atoms with van der Waals surface area (Å²) >= 11 is 1.87. The van der Waals surface area contributed by atoms with Crippen LogP contribution in [-0.4, -0.2) is 51.0 Å². The molecular weight excluding hydrogens is 398 g/mol. The molecule has 30 heavy (non-hydrogen) atoms. The molecule has 0 unspecified atom stereocenters. The fourth-order valence-electron chi connectivity index (χ4n) is 3.44. The second-order valence-corrected chi connectivity index (χ2v) is 8.30.